The third-order valence-corrected chi connectivity index (χ3v) is 4.13. The van der Waals surface area contributed by atoms with Crippen molar-refractivity contribution in [3.63, 3.8) is 0 Å². The Morgan fingerprint density at radius 1 is 1.17 bits per heavy atom. The maximum absolute atomic E-state index is 12.3. The van der Waals surface area contributed by atoms with Gasteiger partial charge in [-0.05, 0) is 56.9 Å². The zero-order chi connectivity index (χ0) is 16.6. The summed E-state index contributed by atoms with van der Waals surface area (Å²) in [6.07, 6.45) is 1.36. The van der Waals surface area contributed by atoms with Crippen LogP contribution in [0.5, 0.6) is 5.75 Å². The molecule has 0 atom stereocenters. The number of fused-ring (bicyclic) bond motifs is 2. The van der Waals surface area contributed by atoms with Crippen molar-refractivity contribution in [1.82, 2.24) is 4.90 Å². The summed E-state index contributed by atoms with van der Waals surface area (Å²) in [5.74, 6) is 0.836. The summed E-state index contributed by atoms with van der Waals surface area (Å²) >= 11 is 0. The lowest BCUT2D eigenvalue weighted by molar-refractivity contribution is 0.0258. The number of hydrogen-bond acceptors (Lipinski definition) is 4. The van der Waals surface area contributed by atoms with Gasteiger partial charge in [-0.15, -0.1) is 0 Å². The quantitative estimate of drug-likeness (QED) is 0.689. The molecule has 6 heteroatoms. The fourth-order valence-electron chi connectivity index (χ4n) is 2.97. The van der Waals surface area contributed by atoms with Crippen LogP contribution in [0.2, 0.25) is 0 Å². The lowest BCUT2D eigenvalue weighted by Gasteiger charge is -2.29. The molecule has 2 aliphatic heterocycles. The molecule has 2 aliphatic rings. The first-order valence-electron chi connectivity index (χ1n) is 8.12. The molecule has 1 aromatic rings. The van der Waals surface area contributed by atoms with Crippen LogP contribution in [0.15, 0.2) is 12.1 Å². The van der Waals surface area contributed by atoms with E-state index in [1.807, 2.05) is 20.8 Å². The van der Waals surface area contributed by atoms with E-state index in [2.05, 4.69) is 12.1 Å². The molecule has 0 spiro atoms. The van der Waals surface area contributed by atoms with Crippen LogP contribution in [0.1, 0.15) is 31.9 Å². The third kappa shape index (κ3) is 3.57. The number of rotatable bonds is 0. The van der Waals surface area contributed by atoms with Gasteiger partial charge in [-0.3, -0.25) is 0 Å². The highest BCUT2D eigenvalue weighted by Gasteiger charge is 2.25. The van der Waals surface area contributed by atoms with E-state index in [0.717, 1.165) is 24.3 Å². The summed E-state index contributed by atoms with van der Waals surface area (Å²) < 4.78 is 11.2. The van der Waals surface area contributed by atoms with E-state index in [4.69, 9.17) is 17.5 Å². The maximum atomic E-state index is 12.3. The van der Waals surface area contributed by atoms with Crippen molar-refractivity contribution in [1.29, 1.82) is 0 Å². The number of benzene rings is 1. The molecule has 0 saturated heterocycles. The fraction of sp³-hybridized carbons (Fsp3) is 0.588. The lowest BCUT2D eigenvalue weighted by atomic mass is 9.99. The second kappa shape index (κ2) is 5.98. The van der Waals surface area contributed by atoms with Gasteiger partial charge in [0.15, 0.2) is 0 Å². The molecule has 5 nitrogen and oxygen atoms in total. The zero-order valence-corrected chi connectivity index (χ0v) is 14.1. The molecule has 23 heavy (non-hydrogen) atoms. The van der Waals surface area contributed by atoms with E-state index < -0.39 is 5.60 Å². The molecule has 3 rings (SSSR count). The molecule has 0 saturated carbocycles. The summed E-state index contributed by atoms with van der Waals surface area (Å²) in [7, 11) is 6.03. The molecule has 0 aliphatic carbocycles. The molecule has 1 amide bonds. The Morgan fingerprint density at radius 2 is 1.83 bits per heavy atom. The van der Waals surface area contributed by atoms with Gasteiger partial charge >= 0.3 is 6.09 Å². The van der Waals surface area contributed by atoms with Crippen molar-refractivity contribution in [3.05, 3.63) is 23.3 Å². The number of ether oxygens (including phenoxy) is 2. The molecule has 2 radical (unpaired) electrons. The minimum absolute atomic E-state index is 0.244. The summed E-state index contributed by atoms with van der Waals surface area (Å²) in [5.41, 5.74) is 2.92. The lowest BCUT2D eigenvalue weighted by Crippen LogP contribution is -2.38. The van der Waals surface area contributed by atoms with E-state index in [1.165, 1.54) is 11.1 Å². The van der Waals surface area contributed by atoms with Crippen LogP contribution in [-0.2, 0) is 17.6 Å². The highest BCUT2D eigenvalue weighted by Crippen LogP contribution is 2.34. The minimum atomic E-state index is -0.469. The topological polar surface area (TPSA) is 42.0 Å². The van der Waals surface area contributed by atoms with E-state index >= 15 is 0 Å². The van der Waals surface area contributed by atoms with E-state index in [1.54, 1.807) is 9.71 Å². The van der Waals surface area contributed by atoms with Gasteiger partial charge in [0.25, 0.3) is 0 Å². The molecular weight excluding hydrogens is 291 g/mol. The predicted molar refractivity (Wildman–Crippen MR) is 90.3 cm³/mol. The number of amides is 1. The SMILES string of the molecule is [B]N1CCOc2cc3c(cc21)CCN(C(=O)OC(C)(C)C)CC3. The van der Waals surface area contributed by atoms with E-state index in [-0.39, 0.29) is 6.09 Å². The molecule has 0 bridgehead atoms. The van der Waals surface area contributed by atoms with Crippen LogP contribution < -0.4 is 9.55 Å². The van der Waals surface area contributed by atoms with Gasteiger partial charge in [-0.1, -0.05) is 0 Å². The first kappa shape index (κ1) is 16.0. The summed E-state index contributed by atoms with van der Waals surface area (Å²) in [5, 5.41) is 0. The van der Waals surface area contributed by atoms with Gasteiger partial charge in [0.05, 0.1) is 5.69 Å². The maximum Gasteiger partial charge on any atom is 0.410 e. The molecular formula is C17H23BN2O3. The smallest absolute Gasteiger partial charge is 0.410 e. The van der Waals surface area contributed by atoms with Crippen molar-refractivity contribution in [3.8, 4) is 5.75 Å². The number of nitrogens with zero attached hydrogens (tertiary/aromatic N) is 2. The summed E-state index contributed by atoms with van der Waals surface area (Å²) in [6.45, 7) is 8.28. The summed E-state index contributed by atoms with van der Waals surface area (Å²) in [6, 6.07) is 4.17. The Bertz CT molecular complexity index is 613. The Labute approximate surface area is 139 Å². The van der Waals surface area contributed by atoms with Crippen LogP contribution in [0.3, 0.4) is 0 Å². The second-order valence-electron chi connectivity index (χ2n) is 7.10. The van der Waals surface area contributed by atoms with Crippen molar-refractivity contribution in [2.24, 2.45) is 0 Å². The predicted octanol–water partition coefficient (Wildman–Crippen LogP) is 2.30. The van der Waals surface area contributed by atoms with Crippen LogP contribution >= 0.6 is 0 Å². The molecule has 122 valence electrons. The summed E-state index contributed by atoms with van der Waals surface area (Å²) in [4.78, 5) is 15.8. The molecule has 2 heterocycles. The molecule has 0 fully saturated rings. The Balaban J connectivity index is 1.77. The standard InChI is InChI=1S/C17H23BN2O3/c1-17(2,3)23-16(21)19-6-4-12-10-14-15(11-13(12)5-7-19)22-9-8-20(14)18/h10-11H,4-9H2,1-3H3. The highest BCUT2D eigenvalue weighted by atomic mass is 16.6. The number of hydrogen-bond donors (Lipinski definition) is 0. The van der Waals surface area contributed by atoms with Crippen molar-refractivity contribution in [2.75, 3.05) is 31.1 Å². The van der Waals surface area contributed by atoms with Crippen LogP contribution in [0.25, 0.3) is 0 Å². The van der Waals surface area contributed by atoms with Gasteiger partial charge in [0, 0.05) is 19.6 Å². The monoisotopic (exact) mass is 314 g/mol. The van der Waals surface area contributed by atoms with Crippen molar-refractivity contribution < 1.29 is 14.3 Å². The second-order valence-corrected chi connectivity index (χ2v) is 7.10. The number of anilines is 1. The largest absolute Gasteiger partial charge is 0.490 e. The normalized spacial score (nSPS) is 17.7. The minimum Gasteiger partial charge on any atom is -0.490 e. The van der Waals surface area contributed by atoms with E-state index in [9.17, 15) is 4.79 Å². The van der Waals surface area contributed by atoms with Crippen LogP contribution in [-0.4, -0.2) is 50.8 Å². The number of carbonyl (C=O) groups excluding carboxylic acids is 1. The first-order valence-corrected chi connectivity index (χ1v) is 8.12. The Hall–Kier alpha value is -1.85. The van der Waals surface area contributed by atoms with Crippen molar-refractivity contribution >= 4 is 19.8 Å². The van der Waals surface area contributed by atoms with Crippen LogP contribution in [0, 0.1) is 0 Å². The average Bonchev–Trinajstić information content (AvgIpc) is 2.66. The van der Waals surface area contributed by atoms with Gasteiger partial charge in [0.1, 0.15) is 18.0 Å². The zero-order valence-electron chi connectivity index (χ0n) is 14.1. The highest BCUT2D eigenvalue weighted by molar-refractivity contribution is 6.18. The molecule has 0 aromatic heterocycles. The van der Waals surface area contributed by atoms with E-state index in [0.29, 0.717) is 26.2 Å². The third-order valence-electron chi connectivity index (χ3n) is 4.13. The van der Waals surface area contributed by atoms with Gasteiger partial charge < -0.3 is 19.2 Å². The van der Waals surface area contributed by atoms with Gasteiger partial charge in [-0.25, -0.2) is 4.79 Å². The molecule has 0 N–H and O–H groups in total. The van der Waals surface area contributed by atoms with Gasteiger partial charge in [0.2, 0.25) is 7.98 Å². The number of carbonyl (C=O) groups is 1. The van der Waals surface area contributed by atoms with Crippen LogP contribution in [0.4, 0.5) is 10.5 Å². The van der Waals surface area contributed by atoms with Gasteiger partial charge in [-0.2, -0.15) is 0 Å². The molecule has 0 unspecified atom stereocenters. The first-order chi connectivity index (χ1) is 10.8. The Morgan fingerprint density at radius 3 is 2.48 bits per heavy atom. The van der Waals surface area contributed by atoms with Crippen molar-refractivity contribution in [2.45, 2.75) is 39.2 Å². The Kier molecular flexibility index (Phi) is 4.17. The fourth-order valence-corrected chi connectivity index (χ4v) is 2.97. The average molecular weight is 314 g/mol. The molecule has 1 aromatic carbocycles.